The van der Waals surface area contributed by atoms with E-state index in [9.17, 15) is 25.9 Å². The topological polar surface area (TPSA) is 133 Å². The van der Waals surface area contributed by atoms with Gasteiger partial charge in [0.1, 0.15) is 0 Å². The summed E-state index contributed by atoms with van der Waals surface area (Å²) in [5.74, 6) is 0.0309. The molecule has 0 aromatic rings. The maximum atomic E-state index is 11.0. The summed E-state index contributed by atoms with van der Waals surface area (Å²) in [5, 5.41) is 0. The minimum Gasteiger partial charge on any atom is -0.726 e. The third-order valence-electron chi connectivity index (χ3n) is 18.5. The van der Waals surface area contributed by atoms with Gasteiger partial charge in [-0.15, -0.1) is 0 Å². The van der Waals surface area contributed by atoms with Crippen LogP contribution >= 0.6 is 0 Å². The normalized spacial score (nSPS) is 12.7. The zero-order valence-corrected chi connectivity index (χ0v) is 64.2. The fourth-order valence-electron chi connectivity index (χ4n) is 12.6. The molecule has 89 heavy (non-hydrogen) atoms. The molecule has 0 aromatic heterocycles. The number of allylic oxidation sites excluding steroid dienone is 2. The van der Waals surface area contributed by atoms with Crippen molar-refractivity contribution in [3.8, 4) is 0 Å². The summed E-state index contributed by atoms with van der Waals surface area (Å²) in [4.78, 5) is 0. The Morgan fingerprint density at radius 2 is 0.393 bits per heavy atom. The first kappa shape index (κ1) is 93.7. The van der Waals surface area contributed by atoms with Crippen molar-refractivity contribution in [2.24, 2.45) is 11.8 Å². The van der Waals surface area contributed by atoms with Gasteiger partial charge in [0.15, 0.2) is 0 Å². The van der Waals surface area contributed by atoms with E-state index in [2.05, 4.69) is 60.4 Å². The van der Waals surface area contributed by atoms with Crippen molar-refractivity contribution >= 4 is 58.5 Å². The molecule has 0 aliphatic rings. The summed E-state index contributed by atoms with van der Waals surface area (Å²) in [6, 6.07) is 0. The van der Waals surface area contributed by atoms with Gasteiger partial charge in [-0.05, 0) is 38.5 Å². The van der Waals surface area contributed by atoms with E-state index < -0.39 is 20.8 Å². The average molecular weight is 1320 g/mol. The van der Waals surface area contributed by atoms with Gasteiger partial charge in [0.2, 0.25) is 20.8 Å². The molecular formula is C78H154CaO8S2. The molecule has 2 atom stereocenters. The molecule has 2 unspecified atom stereocenters. The van der Waals surface area contributed by atoms with Crippen LogP contribution in [0, 0.1) is 11.8 Å². The standard InChI is InChI=1S/2C39H78O4S.Ca/c2*1-3-5-7-9-11-13-15-17-19-21-23-25-27-29-31-33-35-37-39(38-43-44(40,41)42)36-34-32-30-28-26-24-22-20-18-16-14-12-10-8-6-4-2;/h2*34,36,39H,3-33,35,37-38H2,1-2H3,(H,40,41,42);/q;;+2/p-2/b2*36-34+;. The van der Waals surface area contributed by atoms with Crippen molar-refractivity contribution in [2.45, 2.75) is 451 Å². The molecule has 8 nitrogen and oxygen atoms in total. The molecule has 11 heteroatoms. The van der Waals surface area contributed by atoms with Crippen LogP contribution in [0.4, 0.5) is 0 Å². The predicted molar refractivity (Wildman–Crippen MR) is 390 cm³/mol. The number of hydrogen-bond donors (Lipinski definition) is 0. The van der Waals surface area contributed by atoms with Gasteiger partial charge in [-0.2, -0.15) is 0 Å². The fourth-order valence-corrected chi connectivity index (χ4v) is 13.2. The fraction of sp³-hybridized carbons (Fsp3) is 0.949. The number of rotatable bonds is 74. The van der Waals surface area contributed by atoms with E-state index in [0.717, 1.165) is 38.5 Å². The van der Waals surface area contributed by atoms with E-state index in [1.165, 1.54) is 385 Å². The van der Waals surface area contributed by atoms with Crippen LogP contribution < -0.4 is 0 Å². The third kappa shape index (κ3) is 88.5. The first-order chi connectivity index (χ1) is 43.0. The maximum absolute atomic E-state index is 11.0. The Hall–Kier alpha value is 0.480. The van der Waals surface area contributed by atoms with Crippen molar-refractivity contribution in [2.75, 3.05) is 13.2 Å². The molecule has 0 saturated heterocycles. The molecule has 0 aromatic carbocycles. The maximum Gasteiger partial charge on any atom is 2.00 e. The zero-order valence-electron chi connectivity index (χ0n) is 60.3. The molecule has 0 aliphatic heterocycles. The van der Waals surface area contributed by atoms with E-state index >= 15 is 0 Å². The smallest absolute Gasteiger partial charge is 0.726 e. The van der Waals surface area contributed by atoms with Crippen LogP contribution in [0.15, 0.2) is 24.3 Å². The Morgan fingerprint density at radius 3 is 0.551 bits per heavy atom. The summed E-state index contributed by atoms with van der Waals surface area (Å²) in [7, 11) is -9.25. The van der Waals surface area contributed by atoms with Crippen LogP contribution in [-0.4, -0.2) is 76.9 Å². The second-order valence-electron chi connectivity index (χ2n) is 27.4. The average Bonchev–Trinajstić information content (AvgIpc) is 3.51. The first-order valence-electron chi connectivity index (χ1n) is 39.5. The molecular weight excluding hydrogens is 1170 g/mol. The monoisotopic (exact) mass is 1320 g/mol. The third-order valence-corrected chi connectivity index (χ3v) is 19.3. The van der Waals surface area contributed by atoms with Crippen LogP contribution in [0.1, 0.15) is 451 Å². The molecule has 0 aliphatic carbocycles. The Bertz CT molecular complexity index is 1480. The van der Waals surface area contributed by atoms with E-state index in [0.29, 0.717) is 0 Å². The summed E-state index contributed by atoms with van der Waals surface area (Å²) >= 11 is 0. The Balaban J connectivity index is -0.00000164. The predicted octanol–water partition coefficient (Wildman–Crippen LogP) is 26.7. The summed E-state index contributed by atoms with van der Waals surface area (Å²) in [6.45, 7) is 9.09. The van der Waals surface area contributed by atoms with Gasteiger partial charge in [-0.3, -0.25) is 8.37 Å². The first-order valence-corrected chi connectivity index (χ1v) is 42.2. The van der Waals surface area contributed by atoms with Crippen molar-refractivity contribution in [3.63, 3.8) is 0 Å². The van der Waals surface area contributed by atoms with Gasteiger partial charge >= 0.3 is 37.7 Å². The van der Waals surface area contributed by atoms with Crippen molar-refractivity contribution in [1.82, 2.24) is 0 Å². The molecule has 0 bridgehead atoms. The molecule has 0 rings (SSSR count). The largest absolute Gasteiger partial charge is 2.00 e. The van der Waals surface area contributed by atoms with E-state index in [1.807, 2.05) is 0 Å². The molecule has 528 valence electrons. The number of hydrogen-bond acceptors (Lipinski definition) is 8. The van der Waals surface area contributed by atoms with Crippen LogP contribution in [0.5, 0.6) is 0 Å². The summed E-state index contributed by atoms with van der Waals surface area (Å²) < 4.78 is 75.2. The van der Waals surface area contributed by atoms with E-state index in [1.54, 1.807) is 0 Å². The van der Waals surface area contributed by atoms with Crippen molar-refractivity contribution < 1.29 is 34.3 Å². The summed E-state index contributed by atoms with van der Waals surface area (Å²) in [5.41, 5.74) is 0. The SMILES string of the molecule is CCCCCCCCCCCCCCCC/C=C/C(CCCCCCCCCCCCCCCCCCC)COS(=O)(=O)[O-].CCCCCCCCCCCCCCCC/C=C/C(CCCCCCCCCCCCCCCCCCC)COS(=O)(=O)[O-].[Ca+2]. The van der Waals surface area contributed by atoms with E-state index in [-0.39, 0.29) is 62.8 Å². The summed E-state index contributed by atoms with van der Waals surface area (Å²) in [6.07, 6.45) is 96.4. The molecule has 0 amide bonds. The Kier molecular flexibility index (Phi) is 83.3. The quantitative estimate of drug-likeness (QED) is 0.0193. The van der Waals surface area contributed by atoms with Gasteiger partial charge < -0.3 is 9.11 Å². The Morgan fingerprint density at radius 1 is 0.247 bits per heavy atom. The van der Waals surface area contributed by atoms with Crippen LogP contribution in [0.25, 0.3) is 0 Å². The minimum absolute atomic E-state index is 0. The van der Waals surface area contributed by atoms with Crippen molar-refractivity contribution in [1.29, 1.82) is 0 Å². The molecule has 0 fully saturated rings. The molecule has 0 N–H and O–H groups in total. The van der Waals surface area contributed by atoms with Gasteiger partial charge in [0.05, 0.1) is 13.2 Å². The molecule has 0 spiro atoms. The van der Waals surface area contributed by atoms with Gasteiger partial charge in [-0.1, -0.05) is 437 Å². The second-order valence-corrected chi connectivity index (χ2v) is 29.5. The molecule has 0 radical (unpaired) electrons. The molecule has 0 heterocycles. The minimum atomic E-state index is -4.63. The van der Waals surface area contributed by atoms with Gasteiger partial charge in [-0.25, -0.2) is 16.8 Å². The number of unbranched alkanes of at least 4 members (excludes halogenated alkanes) is 60. The van der Waals surface area contributed by atoms with Crippen LogP contribution in [-0.2, 0) is 29.2 Å². The van der Waals surface area contributed by atoms with Crippen LogP contribution in [0.3, 0.4) is 0 Å². The van der Waals surface area contributed by atoms with Gasteiger partial charge in [0, 0.05) is 11.8 Å². The molecule has 0 saturated carbocycles. The van der Waals surface area contributed by atoms with E-state index in [4.69, 9.17) is 0 Å². The second kappa shape index (κ2) is 79.2. The van der Waals surface area contributed by atoms with Gasteiger partial charge in [0.25, 0.3) is 0 Å². The van der Waals surface area contributed by atoms with Crippen molar-refractivity contribution in [3.05, 3.63) is 24.3 Å². The van der Waals surface area contributed by atoms with Crippen LogP contribution in [0.2, 0.25) is 0 Å². The zero-order chi connectivity index (χ0) is 64.5. The Labute approximate surface area is 588 Å².